The Hall–Kier alpha value is -0.0400. The molecule has 0 radical (unpaired) electrons. The summed E-state index contributed by atoms with van der Waals surface area (Å²) >= 11 is 0. The van der Waals surface area contributed by atoms with Gasteiger partial charge >= 0.3 is 0 Å². The normalized spacial score (nSPS) is 28.9. The van der Waals surface area contributed by atoms with Crippen molar-refractivity contribution in [2.45, 2.75) is 44.2 Å². The molecule has 2 N–H and O–H groups in total. The molecule has 0 aromatic carbocycles. The number of nitrogens with zero attached hydrogens (tertiary/aromatic N) is 2. The number of aliphatic imine (C=N–C) groups is 1. The Labute approximate surface area is 127 Å². The van der Waals surface area contributed by atoms with Crippen LogP contribution in [0.5, 0.6) is 0 Å². The number of hydrogen-bond donors (Lipinski definition) is 2. The average Bonchev–Trinajstić information content (AvgIpc) is 3.25. The highest BCUT2D eigenvalue weighted by atomic mass is 127. The molecule has 1 aliphatic heterocycles. The van der Waals surface area contributed by atoms with E-state index in [1.54, 1.807) is 0 Å². The summed E-state index contributed by atoms with van der Waals surface area (Å²) in [6, 6.07) is 1.50. The van der Waals surface area contributed by atoms with Crippen molar-refractivity contribution in [3.05, 3.63) is 0 Å². The molecule has 0 aromatic rings. The average molecular weight is 364 g/mol. The van der Waals surface area contributed by atoms with Crippen molar-refractivity contribution < 1.29 is 0 Å². The van der Waals surface area contributed by atoms with Crippen molar-refractivity contribution in [2.75, 3.05) is 26.7 Å². The van der Waals surface area contributed by atoms with Crippen LogP contribution in [0.25, 0.3) is 0 Å². The number of guanidine groups is 1. The van der Waals surface area contributed by atoms with Gasteiger partial charge in [0.25, 0.3) is 0 Å². The molecule has 1 unspecified atom stereocenters. The van der Waals surface area contributed by atoms with Crippen molar-refractivity contribution in [1.29, 1.82) is 0 Å². The first-order valence-electron chi connectivity index (χ1n) is 7.06. The molecule has 3 rings (SSSR count). The summed E-state index contributed by atoms with van der Waals surface area (Å²) in [4.78, 5) is 6.94. The third kappa shape index (κ3) is 3.98. The number of rotatable bonds is 4. The zero-order chi connectivity index (χ0) is 11.7. The van der Waals surface area contributed by atoms with Crippen LogP contribution in [0.1, 0.15) is 32.1 Å². The fraction of sp³-hybridized carbons (Fsp3) is 0.923. The summed E-state index contributed by atoms with van der Waals surface area (Å²) in [6.07, 6.45) is 6.88. The van der Waals surface area contributed by atoms with Crippen LogP contribution in [-0.4, -0.2) is 49.6 Å². The second-order valence-electron chi connectivity index (χ2n) is 5.75. The van der Waals surface area contributed by atoms with Gasteiger partial charge in [0, 0.05) is 38.8 Å². The summed E-state index contributed by atoms with van der Waals surface area (Å²) in [5.74, 6) is 1.90. The largest absolute Gasteiger partial charge is 0.356 e. The van der Waals surface area contributed by atoms with E-state index in [1.807, 2.05) is 7.05 Å². The summed E-state index contributed by atoms with van der Waals surface area (Å²) in [5, 5.41) is 7.00. The second kappa shape index (κ2) is 6.41. The molecule has 1 heterocycles. The highest BCUT2D eigenvalue weighted by molar-refractivity contribution is 14.0. The molecular formula is C13H25IN4. The highest BCUT2D eigenvalue weighted by Gasteiger charge is 2.34. The number of nitrogens with one attached hydrogen (secondary N) is 2. The van der Waals surface area contributed by atoms with Crippen LogP contribution in [0.3, 0.4) is 0 Å². The van der Waals surface area contributed by atoms with Crippen LogP contribution in [-0.2, 0) is 0 Å². The zero-order valence-corrected chi connectivity index (χ0v) is 13.5. The molecular weight excluding hydrogens is 339 g/mol. The van der Waals surface area contributed by atoms with E-state index in [1.165, 1.54) is 45.2 Å². The maximum atomic E-state index is 4.31. The maximum absolute atomic E-state index is 4.31. The lowest BCUT2D eigenvalue weighted by molar-refractivity contribution is 0.321. The fourth-order valence-corrected chi connectivity index (χ4v) is 2.63. The van der Waals surface area contributed by atoms with Gasteiger partial charge in [0.05, 0.1) is 0 Å². The first kappa shape index (κ1) is 14.4. The van der Waals surface area contributed by atoms with Crippen LogP contribution in [0.15, 0.2) is 4.99 Å². The third-order valence-electron chi connectivity index (χ3n) is 4.10. The first-order valence-corrected chi connectivity index (χ1v) is 7.06. The summed E-state index contributed by atoms with van der Waals surface area (Å²) in [5.41, 5.74) is 0. The molecule has 0 amide bonds. The van der Waals surface area contributed by atoms with Crippen molar-refractivity contribution in [3.63, 3.8) is 0 Å². The van der Waals surface area contributed by atoms with E-state index in [0.717, 1.165) is 24.5 Å². The molecule has 0 bridgehead atoms. The summed E-state index contributed by atoms with van der Waals surface area (Å²) in [7, 11) is 1.87. The molecule has 3 fully saturated rings. The summed E-state index contributed by atoms with van der Waals surface area (Å²) in [6.45, 7) is 3.56. The van der Waals surface area contributed by atoms with Crippen molar-refractivity contribution >= 4 is 29.9 Å². The van der Waals surface area contributed by atoms with E-state index >= 15 is 0 Å². The lowest BCUT2D eigenvalue weighted by Crippen LogP contribution is -2.45. The number of likely N-dealkylation sites (tertiary alicyclic amines) is 1. The Morgan fingerprint density at radius 1 is 1.22 bits per heavy atom. The van der Waals surface area contributed by atoms with E-state index < -0.39 is 0 Å². The maximum Gasteiger partial charge on any atom is 0.191 e. The Bertz CT molecular complexity index is 299. The van der Waals surface area contributed by atoms with Gasteiger partial charge in [0.1, 0.15) is 0 Å². The standard InChI is InChI=1S/C13H24N4.HI/c1-14-13(15-8-10-2-3-10)16-11-6-7-17(9-11)12-4-5-12;/h10-12H,2-9H2,1H3,(H2,14,15,16);1H. The molecule has 1 saturated heterocycles. The predicted octanol–water partition coefficient (Wildman–Crippen LogP) is 1.42. The first-order chi connectivity index (χ1) is 8.35. The van der Waals surface area contributed by atoms with Crippen LogP contribution in [0.4, 0.5) is 0 Å². The lowest BCUT2D eigenvalue weighted by atomic mass is 10.3. The molecule has 0 spiro atoms. The zero-order valence-electron chi connectivity index (χ0n) is 11.2. The molecule has 0 aromatic heterocycles. The van der Waals surface area contributed by atoms with Crippen LogP contribution in [0.2, 0.25) is 0 Å². The lowest BCUT2D eigenvalue weighted by Gasteiger charge is -2.18. The molecule has 2 saturated carbocycles. The van der Waals surface area contributed by atoms with Crippen molar-refractivity contribution in [1.82, 2.24) is 15.5 Å². The molecule has 104 valence electrons. The monoisotopic (exact) mass is 364 g/mol. The molecule has 4 nitrogen and oxygen atoms in total. The van der Waals surface area contributed by atoms with E-state index in [9.17, 15) is 0 Å². The van der Waals surface area contributed by atoms with Gasteiger partial charge in [-0.05, 0) is 38.0 Å². The SMILES string of the molecule is CN=C(NCC1CC1)NC1CCN(C2CC2)C1.I. The minimum Gasteiger partial charge on any atom is -0.356 e. The molecule has 18 heavy (non-hydrogen) atoms. The Morgan fingerprint density at radius 3 is 2.61 bits per heavy atom. The Kier molecular flexibility index (Phi) is 5.12. The third-order valence-corrected chi connectivity index (χ3v) is 4.10. The van der Waals surface area contributed by atoms with Gasteiger partial charge in [-0.15, -0.1) is 24.0 Å². The quantitative estimate of drug-likeness (QED) is 0.450. The van der Waals surface area contributed by atoms with Gasteiger partial charge in [0.2, 0.25) is 0 Å². The second-order valence-corrected chi connectivity index (χ2v) is 5.75. The van der Waals surface area contributed by atoms with Crippen molar-refractivity contribution in [3.8, 4) is 0 Å². The van der Waals surface area contributed by atoms with Gasteiger partial charge in [-0.1, -0.05) is 0 Å². The molecule has 1 atom stereocenters. The number of halogens is 1. The van der Waals surface area contributed by atoms with E-state index in [4.69, 9.17) is 0 Å². The molecule has 5 heteroatoms. The minimum absolute atomic E-state index is 0. The summed E-state index contributed by atoms with van der Waals surface area (Å²) < 4.78 is 0. The van der Waals surface area contributed by atoms with E-state index in [-0.39, 0.29) is 24.0 Å². The Balaban J connectivity index is 0.00000120. The van der Waals surface area contributed by atoms with Gasteiger partial charge in [-0.25, -0.2) is 0 Å². The van der Waals surface area contributed by atoms with Gasteiger partial charge in [-0.3, -0.25) is 9.89 Å². The van der Waals surface area contributed by atoms with Crippen LogP contribution < -0.4 is 10.6 Å². The van der Waals surface area contributed by atoms with Crippen LogP contribution in [0, 0.1) is 5.92 Å². The number of hydrogen-bond acceptors (Lipinski definition) is 2. The minimum atomic E-state index is 0. The van der Waals surface area contributed by atoms with E-state index in [2.05, 4.69) is 20.5 Å². The fourth-order valence-electron chi connectivity index (χ4n) is 2.63. The topological polar surface area (TPSA) is 39.7 Å². The van der Waals surface area contributed by atoms with Crippen LogP contribution >= 0.6 is 24.0 Å². The van der Waals surface area contributed by atoms with E-state index in [0.29, 0.717) is 6.04 Å². The molecule has 3 aliphatic rings. The van der Waals surface area contributed by atoms with Gasteiger partial charge < -0.3 is 10.6 Å². The Morgan fingerprint density at radius 2 is 2.00 bits per heavy atom. The van der Waals surface area contributed by atoms with Crippen molar-refractivity contribution in [2.24, 2.45) is 10.9 Å². The molecule has 2 aliphatic carbocycles. The smallest absolute Gasteiger partial charge is 0.191 e. The van der Waals surface area contributed by atoms with Gasteiger partial charge in [0.15, 0.2) is 5.96 Å². The highest BCUT2D eigenvalue weighted by Crippen LogP contribution is 2.30. The van der Waals surface area contributed by atoms with Gasteiger partial charge in [-0.2, -0.15) is 0 Å². The predicted molar refractivity (Wildman–Crippen MR) is 85.6 cm³/mol.